The third-order valence-electron chi connectivity index (χ3n) is 4.29. The lowest BCUT2D eigenvalue weighted by molar-refractivity contribution is 0.0945. The minimum Gasteiger partial charge on any atom is -0.380 e. The molecular formula is C23H21FN2O3. The van der Waals surface area contributed by atoms with Crippen LogP contribution in [0, 0.1) is 5.82 Å². The Hall–Kier alpha value is -3.51. The van der Waals surface area contributed by atoms with Crippen LogP contribution >= 0.6 is 0 Å². The summed E-state index contributed by atoms with van der Waals surface area (Å²) in [5.74, 6) is -1.08. The summed E-state index contributed by atoms with van der Waals surface area (Å²) >= 11 is 0. The van der Waals surface area contributed by atoms with Gasteiger partial charge in [-0.3, -0.25) is 9.59 Å². The fraction of sp³-hybridized carbons (Fsp3) is 0.130. The van der Waals surface area contributed by atoms with Gasteiger partial charge in [-0.15, -0.1) is 0 Å². The fourth-order valence-corrected chi connectivity index (χ4v) is 2.89. The van der Waals surface area contributed by atoms with Crippen LogP contribution in [0.25, 0.3) is 0 Å². The summed E-state index contributed by atoms with van der Waals surface area (Å²) in [6.07, 6.45) is 0. The predicted octanol–water partition coefficient (Wildman–Crippen LogP) is 4.15. The van der Waals surface area contributed by atoms with Gasteiger partial charge in [0.15, 0.2) is 0 Å². The van der Waals surface area contributed by atoms with E-state index in [4.69, 9.17) is 4.74 Å². The third kappa shape index (κ3) is 5.49. The van der Waals surface area contributed by atoms with Crippen LogP contribution in [-0.4, -0.2) is 18.9 Å². The average Bonchev–Trinajstić information content (AvgIpc) is 2.73. The predicted molar refractivity (Wildman–Crippen MR) is 109 cm³/mol. The molecule has 6 heteroatoms. The molecule has 0 bridgehead atoms. The van der Waals surface area contributed by atoms with Gasteiger partial charge in [0.25, 0.3) is 11.8 Å². The zero-order valence-corrected chi connectivity index (χ0v) is 15.9. The van der Waals surface area contributed by atoms with Crippen molar-refractivity contribution in [1.82, 2.24) is 5.32 Å². The molecule has 3 aromatic rings. The first kappa shape index (κ1) is 20.2. The normalized spacial score (nSPS) is 10.4. The number of halogens is 1. The number of methoxy groups -OCH3 is 1. The molecule has 3 rings (SSSR count). The number of amides is 2. The summed E-state index contributed by atoms with van der Waals surface area (Å²) in [5, 5.41) is 5.61. The fourth-order valence-electron chi connectivity index (χ4n) is 2.89. The molecule has 0 saturated carbocycles. The van der Waals surface area contributed by atoms with Gasteiger partial charge in [-0.05, 0) is 47.5 Å². The SMILES string of the molecule is COCc1ccccc1C(=O)NCc1cccc(NC(=O)c2cccc(F)c2)c1. The molecule has 29 heavy (non-hydrogen) atoms. The van der Waals surface area contributed by atoms with Crippen molar-refractivity contribution < 1.29 is 18.7 Å². The molecule has 0 aliphatic heterocycles. The standard InChI is InChI=1S/C23H21FN2O3/c1-29-15-18-7-2-3-11-21(18)23(28)25-14-16-6-4-10-20(12-16)26-22(27)17-8-5-9-19(24)13-17/h2-13H,14-15H2,1H3,(H,25,28)(H,26,27). The Kier molecular flexibility index (Phi) is 6.71. The second-order valence-corrected chi connectivity index (χ2v) is 6.44. The van der Waals surface area contributed by atoms with Gasteiger partial charge in [0.2, 0.25) is 0 Å². The zero-order chi connectivity index (χ0) is 20.6. The van der Waals surface area contributed by atoms with Crippen molar-refractivity contribution in [3.63, 3.8) is 0 Å². The van der Waals surface area contributed by atoms with Crippen molar-refractivity contribution in [3.05, 3.63) is 101 Å². The molecule has 3 aromatic carbocycles. The summed E-state index contributed by atoms with van der Waals surface area (Å²) in [7, 11) is 1.58. The molecule has 0 spiro atoms. The van der Waals surface area contributed by atoms with Gasteiger partial charge in [-0.2, -0.15) is 0 Å². The van der Waals surface area contributed by atoms with E-state index in [1.165, 1.54) is 18.2 Å². The Bertz CT molecular complexity index is 1020. The van der Waals surface area contributed by atoms with Crippen LogP contribution in [0.1, 0.15) is 31.8 Å². The minimum absolute atomic E-state index is 0.202. The number of carbonyl (C=O) groups excluding carboxylic acids is 2. The maximum absolute atomic E-state index is 13.3. The lowest BCUT2D eigenvalue weighted by atomic mass is 10.1. The Labute approximate surface area is 168 Å². The van der Waals surface area contributed by atoms with Crippen LogP contribution in [-0.2, 0) is 17.9 Å². The maximum Gasteiger partial charge on any atom is 0.255 e. The van der Waals surface area contributed by atoms with Crippen molar-refractivity contribution in [2.45, 2.75) is 13.2 Å². The van der Waals surface area contributed by atoms with Gasteiger partial charge in [0, 0.05) is 30.5 Å². The van der Waals surface area contributed by atoms with E-state index in [-0.39, 0.29) is 11.5 Å². The molecule has 0 atom stereocenters. The highest BCUT2D eigenvalue weighted by atomic mass is 19.1. The number of anilines is 1. The van der Waals surface area contributed by atoms with Gasteiger partial charge in [-0.25, -0.2) is 4.39 Å². The van der Waals surface area contributed by atoms with Crippen LogP contribution in [0.4, 0.5) is 10.1 Å². The van der Waals surface area contributed by atoms with Gasteiger partial charge in [0.1, 0.15) is 5.82 Å². The van der Waals surface area contributed by atoms with Crippen molar-refractivity contribution in [1.29, 1.82) is 0 Å². The van der Waals surface area contributed by atoms with Gasteiger partial charge < -0.3 is 15.4 Å². The monoisotopic (exact) mass is 392 g/mol. The lowest BCUT2D eigenvalue weighted by Gasteiger charge is -2.11. The molecule has 2 N–H and O–H groups in total. The molecule has 148 valence electrons. The second-order valence-electron chi connectivity index (χ2n) is 6.44. The molecule has 0 fully saturated rings. The molecule has 0 heterocycles. The van der Waals surface area contributed by atoms with E-state index in [2.05, 4.69) is 10.6 Å². The largest absolute Gasteiger partial charge is 0.380 e. The Balaban J connectivity index is 1.64. The van der Waals surface area contributed by atoms with E-state index in [1.54, 1.807) is 43.5 Å². The summed E-state index contributed by atoms with van der Waals surface area (Å²) in [6, 6.07) is 19.9. The van der Waals surface area contributed by atoms with Gasteiger partial charge in [-0.1, -0.05) is 36.4 Å². The highest BCUT2D eigenvalue weighted by molar-refractivity contribution is 6.04. The van der Waals surface area contributed by atoms with E-state index in [9.17, 15) is 14.0 Å². The molecule has 0 saturated heterocycles. The molecular weight excluding hydrogens is 371 g/mol. The Morgan fingerprint density at radius 1 is 0.931 bits per heavy atom. The van der Waals surface area contributed by atoms with E-state index in [0.717, 1.165) is 11.1 Å². The van der Waals surface area contributed by atoms with E-state index < -0.39 is 11.7 Å². The summed E-state index contributed by atoms with van der Waals surface area (Å²) in [4.78, 5) is 24.8. The molecule has 2 amide bonds. The van der Waals surface area contributed by atoms with Crippen LogP contribution < -0.4 is 10.6 Å². The van der Waals surface area contributed by atoms with Crippen LogP contribution in [0.15, 0.2) is 72.8 Å². The number of nitrogens with one attached hydrogen (secondary N) is 2. The molecule has 0 aromatic heterocycles. The summed E-state index contributed by atoms with van der Waals surface area (Å²) < 4.78 is 18.4. The number of hydrogen-bond donors (Lipinski definition) is 2. The molecule has 0 unspecified atom stereocenters. The van der Waals surface area contributed by atoms with E-state index in [1.807, 2.05) is 18.2 Å². The summed E-state index contributed by atoms with van der Waals surface area (Å²) in [6.45, 7) is 0.648. The average molecular weight is 392 g/mol. The highest BCUT2D eigenvalue weighted by Gasteiger charge is 2.11. The quantitative estimate of drug-likeness (QED) is 0.635. The number of carbonyl (C=O) groups is 2. The van der Waals surface area contributed by atoms with Crippen molar-refractivity contribution in [2.24, 2.45) is 0 Å². The molecule has 0 aliphatic carbocycles. The molecule has 5 nitrogen and oxygen atoms in total. The topological polar surface area (TPSA) is 67.4 Å². The Morgan fingerprint density at radius 3 is 2.52 bits per heavy atom. The number of ether oxygens (including phenoxy) is 1. The minimum atomic E-state index is -0.470. The number of benzene rings is 3. The first-order chi connectivity index (χ1) is 14.1. The van der Waals surface area contributed by atoms with Crippen LogP contribution in [0.3, 0.4) is 0 Å². The van der Waals surface area contributed by atoms with Crippen LogP contribution in [0.2, 0.25) is 0 Å². The Morgan fingerprint density at radius 2 is 1.72 bits per heavy atom. The first-order valence-corrected chi connectivity index (χ1v) is 9.07. The van der Waals surface area contributed by atoms with Crippen LogP contribution in [0.5, 0.6) is 0 Å². The zero-order valence-electron chi connectivity index (χ0n) is 15.9. The smallest absolute Gasteiger partial charge is 0.255 e. The number of rotatable bonds is 7. The van der Waals surface area contributed by atoms with Gasteiger partial charge in [0.05, 0.1) is 6.61 Å². The van der Waals surface area contributed by atoms with Crippen molar-refractivity contribution in [3.8, 4) is 0 Å². The lowest BCUT2D eigenvalue weighted by Crippen LogP contribution is -2.24. The number of hydrogen-bond acceptors (Lipinski definition) is 3. The maximum atomic E-state index is 13.3. The first-order valence-electron chi connectivity index (χ1n) is 9.07. The van der Waals surface area contributed by atoms with E-state index >= 15 is 0 Å². The molecule has 0 aliphatic rings. The van der Waals surface area contributed by atoms with Gasteiger partial charge >= 0.3 is 0 Å². The third-order valence-corrected chi connectivity index (χ3v) is 4.29. The highest BCUT2D eigenvalue weighted by Crippen LogP contribution is 2.14. The summed E-state index contributed by atoms with van der Waals surface area (Å²) in [5.41, 5.74) is 2.98. The van der Waals surface area contributed by atoms with Crippen molar-refractivity contribution in [2.75, 3.05) is 12.4 Å². The van der Waals surface area contributed by atoms with Crippen molar-refractivity contribution >= 4 is 17.5 Å². The van der Waals surface area contributed by atoms with E-state index in [0.29, 0.717) is 24.4 Å². The second kappa shape index (κ2) is 9.61. The molecule has 0 radical (unpaired) electrons.